The molecule has 1 aliphatic rings. The molecule has 29 heavy (non-hydrogen) atoms. The maximum Gasteiger partial charge on any atom is 0.247 e. The fourth-order valence-corrected chi connectivity index (χ4v) is 4.56. The first-order valence-electron chi connectivity index (χ1n) is 9.35. The lowest BCUT2D eigenvalue weighted by atomic mass is 10.2. The topological polar surface area (TPSA) is 59.2 Å². The Kier molecular flexibility index (Phi) is 6.57. The van der Waals surface area contributed by atoms with E-state index in [9.17, 15) is 4.79 Å². The van der Waals surface area contributed by atoms with Gasteiger partial charge in [-0.3, -0.25) is 4.79 Å². The van der Waals surface area contributed by atoms with Gasteiger partial charge in [0.2, 0.25) is 17.7 Å². The van der Waals surface area contributed by atoms with Crippen LogP contribution < -0.4 is 0 Å². The molecule has 1 saturated carbocycles. The molecule has 8 heteroatoms. The van der Waals surface area contributed by atoms with Crippen LogP contribution in [0.2, 0.25) is 5.02 Å². The Hall–Kier alpha value is -1.83. The third kappa shape index (κ3) is 5.41. The van der Waals surface area contributed by atoms with Crippen LogP contribution in [0.25, 0.3) is 11.5 Å². The van der Waals surface area contributed by atoms with Gasteiger partial charge in [-0.25, -0.2) is 0 Å². The number of carbonyl (C=O) groups is 1. The second kappa shape index (κ2) is 9.32. The van der Waals surface area contributed by atoms with Gasteiger partial charge in [0.25, 0.3) is 0 Å². The molecule has 0 atom stereocenters. The van der Waals surface area contributed by atoms with Crippen molar-refractivity contribution in [2.45, 2.75) is 36.7 Å². The number of hydrogen-bond donors (Lipinski definition) is 0. The van der Waals surface area contributed by atoms with E-state index in [1.54, 1.807) is 23.9 Å². The molecule has 0 N–H and O–H groups in total. The third-order valence-corrected chi connectivity index (χ3v) is 6.86. The molecule has 1 heterocycles. The average molecular weight is 493 g/mol. The molecule has 5 nitrogen and oxygen atoms in total. The van der Waals surface area contributed by atoms with Gasteiger partial charge in [-0.05, 0) is 65.2 Å². The Balaban J connectivity index is 1.36. The van der Waals surface area contributed by atoms with Gasteiger partial charge in [-0.15, -0.1) is 22.0 Å². The summed E-state index contributed by atoms with van der Waals surface area (Å²) in [7, 11) is 0. The molecule has 0 bridgehead atoms. The Morgan fingerprint density at radius 3 is 2.66 bits per heavy atom. The molecule has 0 saturated heterocycles. The summed E-state index contributed by atoms with van der Waals surface area (Å²) in [6.45, 7) is 0.351. The molecule has 0 aliphatic heterocycles. The minimum atomic E-state index is 0.123. The molecule has 1 fully saturated rings. The Morgan fingerprint density at radius 2 is 1.93 bits per heavy atom. The summed E-state index contributed by atoms with van der Waals surface area (Å²) >= 11 is 11.1. The van der Waals surface area contributed by atoms with E-state index in [0.29, 0.717) is 29.8 Å². The van der Waals surface area contributed by atoms with E-state index in [-0.39, 0.29) is 11.9 Å². The van der Waals surface area contributed by atoms with Gasteiger partial charge in [-0.2, -0.15) is 0 Å². The summed E-state index contributed by atoms with van der Waals surface area (Å²) in [5.74, 6) is 1.74. The van der Waals surface area contributed by atoms with Crippen molar-refractivity contribution in [2.24, 2.45) is 0 Å². The second-order valence-corrected chi connectivity index (χ2v) is 9.22. The Bertz CT molecular complexity index is 992. The number of rotatable bonds is 8. The molecule has 0 spiro atoms. The summed E-state index contributed by atoms with van der Waals surface area (Å²) in [6, 6.07) is 15.6. The largest absolute Gasteiger partial charge is 0.419 e. The molecule has 0 unspecified atom stereocenters. The first-order valence-corrected chi connectivity index (χ1v) is 11.5. The smallest absolute Gasteiger partial charge is 0.247 e. The highest BCUT2D eigenvalue weighted by Gasteiger charge is 2.33. The lowest BCUT2D eigenvalue weighted by Gasteiger charge is -2.20. The summed E-state index contributed by atoms with van der Waals surface area (Å²) in [4.78, 5) is 15.8. The van der Waals surface area contributed by atoms with Crippen LogP contribution in [0.1, 0.15) is 25.2 Å². The number of amides is 1. The van der Waals surface area contributed by atoms with Crippen molar-refractivity contribution in [2.75, 3.05) is 5.75 Å². The highest BCUT2D eigenvalue weighted by atomic mass is 79.9. The minimum Gasteiger partial charge on any atom is -0.419 e. The number of nitrogens with zero attached hydrogens (tertiary/aromatic N) is 3. The van der Waals surface area contributed by atoms with E-state index >= 15 is 0 Å². The van der Waals surface area contributed by atoms with Crippen LogP contribution in [0.5, 0.6) is 0 Å². The zero-order valence-corrected chi connectivity index (χ0v) is 18.7. The average Bonchev–Trinajstić information content (AvgIpc) is 3.46. The van der Waals surface area contributed by atoms with E-state index in [1.807, 2.05) is 35.2 Å². The molecule has 4 rings (SSSR count). The standard InChI is InChI=1S/C21H19BrClN3O2S/c22-17-3-1-2-4-18(17)29-12-11-20(27)26(16-9-10-16)13-19-24-25-21(28-19)14-5-7-15(23)8-6-14/h1-8,16H,9-13H2. The van der Waals surface area contributed by atoms with E-state index in [2.05, 4.69) is 32.2 Å². The molecule has 3 aromatic rings. The summed E-state index contributed by atoms with van der Waals surface area (Å²) in [6.07, 6.45) is 2.53. The normalized spacial score (nSPS) is 13.4. The van der Waals surface area contributed by atoms with E-state index in [4.69, 9.17) is 16.0 Å². The van der Waals surface area contributed by atoms with Crippen molar-refractivity contribution >= 4 is 45.2 Å². The van der Waals surface area contributed by atoms with Gasteiger partial charge in [0.15, 0.2) is 0 Å². The Morgan fingerprint density at radius 1 is 1.17 bits per heavy atom. The monoisotopic (exact) mass is 491 g/mol. The number of thioether (sulfide) groups is 1. The third-order valence-electron chi connectivity index (χ3n) is 4.58. The SMILES string of the molecule is O=C(CCSc1ccccc1Br)N(Cc1nnc(-c2ccc(Cl)cc2)o1)C1CC1. The lowest BCUT2D eigenvalue weighted by molar-refractivity contribution is -0.132. The van der Waals surface area contributed by atoms with Crippen molar-refractivity contribution in [3.8, 4) is 11.5 Å². The van der Waals surface area contributed by atoms with Crippen LogP contribution in [0, 0.1) is 0 Å². The van der Waals surface area contributed by atoms with Gasteiger partial charge in [0.1, 0.15) is 0 Å². The quantitative estimate of drug-likeness (QED) is 0.371. The van der Waals surface area contributed by atoms with Crippen LogP contribution in [0.3, 0.4) is 0 Å². The number of aromatic nitrogens is 2. The van der Waals surface area contributed by atoms with Gasteiger partial charge < -0.3 is 9.32 Å². The molecular formula is C21H19BrClN3O2S. The zero-order valence-electron chi connectivity index (χ0n) is 15.6. The summed E-state index contributed by atoms with van der Waals surface area (Å²) in [5.41, 5.74) is 0.808. The van der Waals surface area contributed by atoms with Gasteiger partial charge in [-0.1, -0.05) is 23.7 Å². The molecular weight excluding hydrogens is 474 g/mol. The van der Waals surface area contributed by atoms with E-state index in [1.165, 1.54) is 0 Å². The summed E-state index contributed by atoms with van der Waals surface area (Å²) < 4.78 is 6.84. The van der Waals surface area contributed by atoms with Crippen molar-refractivity contribution in [3.63, 3.8) is 0 Å². The van der Waals surface area contributed by atoms with Crippen LogP contribution >= 0.6 is 39.3 Å². The molecule has 1 aliphatic carbocycles. The van der Waals surface area contributed by atoms with Crippen LogP contribution in [-0.2, 0) is 11.3 Å². The first-order chi connectivity index (χ1) is 14.1. The van der Waals surface area contributed by atoms with Crippen molar-refractivity contribution in [1.29, 1.82) is 0 Å². The fraction of sp³-hybridized carbons (Fsp3) is 0.286. The predicted molar refractivity (Wildman–Crippen MR) is 118 cm³/mol. The van der Waals surface area contributed by atoms with Crippen LogP contribution in [0.15, 0.2) is 62.3 Å². The van der Waals surface area contributed by atoms with Crippen molar-refractivity contribution in [1.82, 2.24) is 15.1 Å². The molecule has 150 valence electrons. The van der Waals surface area contributed by atoms with Crippen molar-refractivity contribution in [3.05, 3.63) is 63.9 Å². The Labute approximate surface area is 187 Å². The van der Waals surface area contributed by atoms with E-state index in [0.717, 1.165) is 33.5 Å². The van der Waals surface area contributed by atoms with Crippen LogP contribution in [-0.4, -0.2) is 32.8 Å². The molecule has 0 radical (unpaired) electrons. The zero-order chi connectivity index (χ0) is 20.2. The predicted octanol–water partition coefficient (Wildman–Crippen LogP) is 5.83. The fourth-order valence-electron chi connectivity index (χ4n) is 2.93. The maximum atomic E-state index is 12.8. The highest BCUT2D eigenvalue weighted by molar-refractivity contribution is 9.10. The second-order valence-electron chi connectivity index (χ2n) is 6.79. The molecule has 1 aromatic heterocycles. The number of hydrogen-bond acceptors (Lipinski definition) is 5. The van der Waals surface area contributed by atoms with E-state index < -0.39 is 0 Å². The number of carbonyl (C=O) groups excluding carboxylic acids is 1. The highest BCUT2D eigenvalue weighted by Crippen LogP contribution is 2.31. The summed E-state index contributed by atoms with van der Waals surface area (Å²) in [5, 5.41) is 8.90. The first kappa shape index (κ1) is 20.4. The van der Waals surface area contributed by atoms with Crippen molar-refractivity contribution < 1.29 is 9.21 Å². The lowest BCUT2D eigenvalue weighted by Crippen LogP contribution is -2.32. The maximum absolute atomic E-state index is 12.8. The van der Waals surface area contributed by atoms with Crippen LogP contribution in [0.4, 0.5) is 0 Å². The van der Waals surface area contributed by atoms with Gasteiger partial charge in [0, 0.05) is 38.2 Å². The number of benzene rings is 2. The molecule has 2 aromatic carbocycles. The van der Waals surface area contributed by atoms with Gasteiger partial charge >= 0.3 is 0 Å². The minimum absolute atomic E-state index is 0.123. The molecule has 1 amide bonds. The van der Waals surface area contributed by atoms with Gasteiger partial charge in [0.05, 0.1) is 6.54 Å². The number of halogens is 2.